The van der Waals surface area contributed by atoms with Crippen LogP contribution in [0.3, 0.4) is 0 Å². The fraction of sp³-hybridized carbons (Fsp3) is 0.733. The molecule has 0 radical (unpaired) electrons. The van der Waals surface area contributed by atoms with E-state index in [0.29, 0.717) is 137 Å². The number of anilines is 1. The van der Waals surface area contributed by atoms with Gasteiger partial charge in [0.25, 0.3) is 6.47 Å². The minimum Gasteiger partial charge on any atom is -0.461 e. The third-order valence-corrected chi connectivity index (χ3v) is 19.1. The molecule has 5 amide bonds. The van der Waals surface area contributed by atoms with Gasteiger partial charge < -0.3 is 107 Å². The van der Waals surface area contributed by atoms with E-state index in [1.165, 1.54) is 39.5 Å². The van der Waals surface area contributed by atoms with Gasteiger partial charge in [0.2, 0.25) is 36.2 Å². The lowest BCUT2D eigenvalue weighted by atomic mass is 9.83. The first kappa shape index (κ1) is 92.9. The monoisotopic (exact) mass is 1520 g/mol. The van der Waals surface area contributed by atoms with Gasteiger partial charge in [-0.25, -0.2) is 10.7 Å². The zero-order valence-corrected chi connectivity index (χ0v) is 64.6. The zero-order chi connectivity index (χ0) is 79.0. The van der Waals surface area contributed by atoms with E-state index in [2.05, 4.69) is 15.5 Å². The summed E-state index contributed by atoms with van der Waals surface area (Å²) in [7, 11) is 6.01. The first-order valence-corrected chi connectivity index (χ1v) is 37.1. The van der Waals surface area contributed by atoms with Gasteiger partial charge in [-0.3, -0.25) is 38.3 Å². The summed E-state index contributed by atoms with van der Waals surface area (Å²) in [6.07, 6.45) is -10.9. The van der Waals surface area contributed by atoms with Crippen LogP contribution in [0.1, 0.15) is 130 Å². The van der Waals surface area contributed by atoms with Crippen LogP contribution in [0.4, 0.5) is 10.5 Å². The van der Waals surface area contributed by atoms with E-state index in [-0.39, 0.29) is 85.0 Å². The van der Waals surface area contributed by atoms with Crippen molar-refractivity contribution in [3.05, 3.63) is 59.7 Å². The predicted octanol–water partition coefficient (Wildman–Crippen LogP) is 4.06. The molecule has 107 heavy (non-hydrogen) atoms. The third-order valence-electron chi connectivity index (χ3n) is 19.1. The van der Waals surface area contributed by atoms with Gasteiger partial charge in [-0.15, -0.1) is 0 Å². The summed E-state index contributed by atoms with van der Waals surface area (Å²) >= 11 is 0. The molecule has 2 fully saturated rings. The molecule has 0 saturated carbocycles. The number of benzene rings is 2. The number of aliphatic hydroxyl groups excluding tert-OH is 4. The molecule has 0 aliphatic carbocycles. The lowest BCUT2D eigenvalue weighted by Crippen LogP contribution is -2.59. The van der Waals surface area contributed by atoms with Gasteiger partial charge in [0.15, 0.2) is 5.78 Å². The normalized spacial score (nSPS) is 19.9. The Hall–Kier alpha value is -6.44. The molecule has 2 aliphatic heterocycles. The van der Waals surface area contributed by atoms with Crippen molar-refractivity contribution in [3.8, 4) is 5.75 Å². The highest BCUT2D eigenvalue weighted by Crippen LogP contribution is 2.34. The fourth-order valence-corrected chi connectivity index (χ4v) is 12.9. The number of hydrogen-bond acceptors (Lipinski definition) is 27. The minimum atomic E-state index is -1.91. The second-order valence-corrected chi connectivity index (χ2v) is 27.5. The van der Waals surface area contributed by atoms with Gasteiger partial charge in [0.05, 0.1) is 147 Å². The number of likely N-dealkylation sites (N-methyl/N-ethyl adjacent to an activating group) is 2. The maximum atomic E-state index is 15.0. The third kappa shape index (κ3) is 31.5. The molecule has 5 unspecified atom stereocenters. The number of carbonyl (C=O) groups excluding carboxylic acids is 8. The molecular formula is C75H122N6O26. The molecule has 2 heterocycles. The molecule has 15 atom stereocenters. The van der Waals surface area contributed by atoms with E-state index in [0.717, 1.165) is 4.90 Å². The molecule has 0 bridgehead atoms. The van der Waals surface area contributed by atoms with Crippen LogP contribution in [0.15, 0.2) is 48.5 Å². The molecule has 2 saturated heterocycles. The maximum Gasteiger partial charge on any atom is 0.410 e. The van der Waals surface area contributed by atoms with E-state index in [4.69, 9.17) is 67.5 Å². The van der Waals surface area contributed by atoms with Crippen molar-refractivity contribution >= 4 is 53.4 Å². The fourth-order valence-electron chi connectivity index (χ4n) is 12.9. The molecule has 2 aromatic rings. The Kier molecular flexibility index (Phi) is 44.4. The van der Waals surface area contributed by atoms with Crippen LogP contribution < -0.4 is 21.3 Å². The average molecular weight is 1520 g/mol. The van der Waals surface area contributed by atoms with Crippen molar-refractivity contribution in [3.63, 3.8) is 0 Å². The number of ether oxygens (including phenoxy) is 13. The highest BCUT2D eigenvalue weighted by Gasteiger charge is 2.48. The van der Waals surface area contributed by atoms with Crippen molar-refractivity contribution in [2.24, 2.45) is 35.5 Å². The van der Waals surface area contributed by atoms with Crippen LogP contribution in [0.2, 0.25) is 0 Å². The smallest absolute Gasteiger partial charge is 0.410 e. The van der Waals surface area contributed by atoms with Crippen molar-refractivity contribution in [2.45, 2.75) is 193 Å². The number of ketones is 2. The van der Waals surface area contributed by atoms with E-state index >= 15 is 4.79 Å². The lowest BCUT2D eigenvalue weighted by molar-refractivity contribution is -0.321. The number of nitrogens with zero attached hydrogens (tertiary/aromatic N) is 3. The summed E-state index contributed by atoms with van der Waals surface area (Å²) < 4.78 is 72.4. The van der Waals surface area contributed by atoms with Gasteiger partial charge in [-0.1, -0.05) is 85.2 Å². The zero-order valence-electron chi connectivity index (χ0n) is 64.6. The number of hydrogen-bond donors (Lipinski definition) is 7. The predicted molar refractivity (Wildman–Crippen MR) is 389 cm³/mol. The Morgan fingerprint density at radius 1 is 0.692 bits per heavy atom. The molecule has 0 aromatic heterocycles. The van der Waals surface area contributed by atoms with E-state index in [1.54, 1.807) is 56.7 Å². The first-order chi connectivity index (χ1) is 51.3. The van der Waals surface area contributed by atoms with Crippen molar-refractivity contribution < 1.29 is 125 Å². The first-order valence-electron chi connectivity index (χ1n) is 37.1. The Bertz CT molecular complexity index is 2920. The molecule has 0 spiro atoms. The number of amides is 5. The van der Waals surface area contributed by atoms with Crippen LogP contribution in [0.25, 0.3) is 0 Å². The molecule has 32 heteroatoms. The topological polar surface area (TPSA) is 407 Å². The maximum absolute atomic E-state index is 15.0. The van der Waals surface area contributed by atoms with E-state index in [1.807, 2.05) is 45.9 Å². The molecule has 4 rings (SSSR count). The summed E-state index contributed by atoms with van der Waals surface area (Å²) in [4.78, 5) is 119. The van der Waals surface area contributed by atoms with Gasteiger partial charge in [0.1, 0.15) is 36.5 Å². The Labute approximate surface area is 629 Å². The molecular weight excluding hydrogens is 1400 g/mol. The molecule has 2 aromatic carbocycles. The minimum absolute atomic E-state index is 0.0286. The molecule has 32 nitrogen and oxygen atoms in total. The number of aliphatic hydroxyl groups is 4. The standard InChI is InChI=1S/C75H122N6O26/c1-13-50(6)65(61(94-11)45-63(86)81-27-17-22-58(81)70(95-12)51(7)71(91)77-52(8)66(87)53-19-15-14-16-20-53)79(9)72(92)57(48(2)3)44-59(84)64(49(4)5)80(10)75(93)103-46-54-43-55(23-25-60(54)106-74-69(90)67(88)68(89)73(107-74)104-47-82)78-62(85)26-24-56(83)21-18-28-96-29-30-97-31-32-98-33-34-99-35-36-100-37-38-101-39-40-102-41-42-105-76/h14-16,19-20,23,25,43,47-52,57-58,61,64-70,73-74,87-90H,13,17-18,21-22,24,26-42,44-46,76H2,1-12H3,(H,77,91)(H,78,85)/t50-,51+,52+,57-,58-,61+,64-,65-,66+,67?,68?,69?,70+,73?,74?/m0/s1. The Balaban J connectivity index is 1.33. The SMILES string of the molecule is CC[C@H](C)[C@@H]([C@@H](CC(=O)N1CCC[C@H]1[C@H](OC)[C@@H](C)C(=O)N[C@H](C)[C@@H](O)c1ccccc1)OC)N(C)C(=O)[C@@H](CC(=O)[C@H](C(C)C)N(C)C(=O)OCc1cc(NC(=O)CCC(=O)CCCOCCOCCOCCOCCOCCOCCOCCON)ccc1OC1OC(OC=O)C(O)C(O)C1O)C(C)C. The van der Waals surface area contributed by atoms with Crippen LogP contribution >= 0.6 is 0 Å². The summed E-state index contributed by atoms with van der Waals surface area (Å²) in [6.45, 7) is 20.1. The van der Waals surface area contributed by atoms with Crippen molar-refractivity contribution in [1.29, 1.82) is 0 Å². The van der Waals surface area contributed by atoms with Crippen LogP contribution in [0, 0.1) is 29.6 Å². The second kappa shape index (κ2) is 51.1. The quantitative estimate of drug-likeness (QED) is 0.0279. The number of carbonyl (C=O) groups is 8. The largest absolute Gasteiger partial charge is 0.461 e. The number of Topliss-reactive ketones (excluding diaryl/α,β-unsaturated/α-hetero) is 2. The van der Waals surface area contributed by atoms with Crippen LogP contribution in [-0.4, -0.2) is 284 Å². The second-order valence-electron chi connectivity index (χ2n) is 27.5. The number of methoxy groups -OCH3 is 2. The van der Waals surface area contributed by atoms with Gasteiger partial charge in [-0.2, -0.15) is 0 Å². The summed E-state index contributed by atoms with van der Waals surface area (Å²) in [5, 5.41) is 48.6. The number of nitrogens with one attached hydrogen (secondary N) is 2. The number of rotatable bonds is 56. The summed E-state index contributed by atoms with van der Waals surface area (Å²) in [5.74, 6) is -0.0231. The van der Waals surface area contributed by atoms with Gasteiger partial charge in [-0.05, 0) is 67.7 Å². The summed E-state index contributed by atoms with van der Waals surface area (Å²) in [6, 6.07) is 10.3. The van der Waals surface area contributed by atoms with Gasteiger partial charge >= 0.3 is 6.09 Å². The number of nitrogens with two attached hydrogens (primary N) is 1. The number of likely N-dealkylation sites (tertiary alicyclic amines) is 1. The Morgan fingerprint density at radius 2 is 1.26 bits per heavy atom. The highest BCUT2D eigenvalue weighted by atomic mass is 16.8. The average Bonchev–Trinajstić information content (AvgIpc) is 1.46. The van der Waals surface area contributed by atoms with Crippen LogP contribution in [-0.2, 0) is 102 Å². The van der Waals surface area contributed by atoms with E-state index in [9.17, 15) is 54.0 Å². The Morgan fingerprint density at radius 3 is 1.79 bits per heavy atom. The van der Waals surface area contributed by atoms with Gasteiger partial charge in [0, 0.05) is 84.3 Å². The summed E-state index contributed by atoms with van der Waals surface area (Å²) in [5.41, 5.74) is 0.880. The van der Waals surface area contributed by atoms with Crippen LogP contribution in [0.5, 0.6) is 5.75 Å². The molecule has 2 aliphatic rings. The highest BCUT2D eigenvalue weighted by molar-refractivity contribution is 5.94. The van der Waals surface area contributed by atoms with Crippen molar-refractivity contribution in [1.82, 2.24) is 20.0 Å². The molecule has 608 valence electrons. The lowest BCUT2D eigenvalue weighted by Gasteiger charge is -2.41. The molecule has 8 N–H and O–H groups in total. The van der Waals surface area contributed by atoms with E-state index < -0.39 is 121 Å². The van der Waals surface area contributed by atoms with Crippen molar-refractivity contribution in [2.75, 3.05) is 139 Å².